The molecule has 0 saturated heterocycles. The van der Waals surface area contributed by atoms with Gasteiger partial charge in [0.2, 0.25) is 0 Å². The lowest BCUT2D eigenvalue weighted by Gasteiger charge is -2.05. The maximum Gasteiger partial charge on any atom is 0.169 e. The quantitative estimate of drug-likeness (QED) is 0.692. The van der Waals surface area contributed by atoms with Crippen LogP contribution in [-0.4, -0.2) is 0 Å². The Hall–Kier alpha value is -1.42. The van der Waals surface area contributed by atoms with E-state index >= 15 is 0 Å². The lowest BCUT2D eigenvalue weighted by atomic mass is 10.2. The summed E-state index contributed by atoms with van der Waals surface area (Å²) in [6, 6.07) is 15.3. The van der Waals surface area contributed by atoms with Gasteiger partial charge in [0, 0.05) is 15.1 Å². The minimum Gasteiger partial charge on any atom is -0.454 e. The minimum atomic E-state index is 0. The highest BCUT2D eigenvalue weighted by Gasteiger charge is 2.11. The third kappa shape index (κ3) is 2.78. The topological polar surface area (TPSA) is 35.2 Å². The van der Waals surface area contributed by atoms with Crippen LogP contribution in [0.1, 0.15) is 0 Å². The van der Waals surface area contributed by atoms with E-state index in [1.165, 1.54) is 11.3 Å². The van der Waals surface area contributed by atoms with Crippen molar-refractivity contribution >= 4 is 50.4 Å². The normalized spacial score (nSPS) is 10.2. The summed E-state index contributed by atoms with van der Waals surface area (Å²) in [5.74, 6) is 1.40. The fourth-order valence-electron chi connectivity index (χ4n) is 1.79. The monoisotopic (exact) mass is 311 g/mol. The molecule has 0 unspecified atom stereocenters. The number of halogens is 2. The molecule has 0 aliphatic rings. The van der Waals surface area contributed by atoms with Gasteiger partial charge in [-0.15, -0.1) is 23.7 Å². The molecule has 0 aliphatic carbocycles. The molecule has 1 heterocycles. The molecule has 0 saturated carbocycles. The molecule has 2 nitrogen and oxygen atoms in total. The zero-order chi connectivity index (χ0) is 12.5. The molecule has 2 N–H and O–H groups in total. The van der Waals surface area contributed by atoms with Gasteiger partial charge in [-0.3, -0.25) is 0 Å². The van der Waals surface area contributed by atoms with Gasteiger partial charge in [0.05, 0.1) is 0 Å². The van der Waals surface area contributed by atoms with E-state index in [0.29, 0.717) is 21.5 Å². The van der Waals surface area contributed by atoms with Crippen molar-refractivity contribution in [2.24, 2.45) is 0 Å². The second-order valence-electron chi connectivity index (χ2n) is 3.85. The first-order chi connectivity index (χ1) is 8.74. The standard InChI is InChI=1S/C14H10ClNOS.ClH/c15-9-4-3-5-10(8-9)17-13-11-6-1-2-7-12(11)18-14(13)16;/h1-8H,16H2;1H. The van der Waals surface area contributed by atoms with Crippen LogP contribution in [0.3, 0.4) is 0 Å². The molecule has 0 spiro atoms. The van der Waals surface area contributed by atoms with E-state index in [0.717, 1.165) is 10.1 Å². The molecular weight excluding hydrogens is 301 g/mol. The fraction of sp³-hybridized carbons (Fsp3) is 0. The van der Waals surface area contributed by atoms with E-state index < -0.39 is 0 Å². The highest BCUT2D eigenvalue weighted by molar-refractivity contribution is 7.23. The first-order valence-corrected chi connectivity index (χ1v) is 6.64. The van der Waals surface area contributed by atoms with E-state index in [-0.39, 0.29) is 12.4 Å². The number of ether oxygens (including phenoxy) is 1. The lowest BCUT2D eigenvalue weighted by Crippen LogP contribution is -1.87. The zero-order valence-electron chi connectivity index (χ0n) is 9.80. The number of nitrogens with two attached hydrogens (primary N) is 1. The summed E-state index contributed by atoms with van der Waals surface area (Å²) in [6.07, 6.45) is 0. The molecule has 5 heteroatoms. The van der Waals surface area contributed by atoms with Crippen molar-refractivity contribution < 1.29 is 4.74 Å². The Morgan fingerprint density at radius 3 is 2.63 bits per heavy atom. The molecule has 0 atom stereocenters. The summed E-state index contributed by atoms with van der Waals surface area (Å²) in [5, 5.41) is 2.35. The SMILES string of the molecule is Cl.Nc1sc2ccccc2c1Oc1cccc(Cl)c1. The molecule has 3 rings (SSSR count). The summed E-state index contributed by atoms with van der Waals surface area (Å²) >= 11 is 7.46. The second kappa shape index (κ2) is 5.70. The number of anilines is 1. The molecule has 0 aliphatic heterocycles. The number of rotatable bonds is 2. The van der Waals surface area contributed by atoms with Crippen molar-refractivity contribution in [1.82, 2.24) is 0 Å². The summed E-state index contributed by atoms with van der Waals surface area (Å²) in [6.45, 7) is 0. The van der Waals surface area contributed by atoms with Gasteiger partial charge in [-0.05, 0) is 30.3 Å². The maximum absolute atomic E-state index is 6.00. The van der Waals surface area contributed by atoms with Crippen LogP contribution in [0.15, 0.2) is 48.5 Å². The van der Waals surface area contributed by atoms with Gasteiger partial charge in [-0.2, -0.15) is 0 Å². The summed E-state index contributed by atoms with van der Waals surface area (Å²) in [5.41, 5.74) is 6.00. The molecule has 0 bridgehead atoms. The first-order valence-electron chi connectivity index (χ1n) is 5.44. The van der Waals surface area contributed by atoms with Crippen LogP contribution >= 0.6 is 35.3 Å². The number of hydrogen-bond acceptors (Lipinski definition) is 3. The van der Waals surface area contributed by atoms with E-state index in [1.807, 2.05) is 42.5 Å². The molecule has 98 valence electrons. The van der Waals surface area contributed by atoms with Crippen molar-refractivity contribution in [3.63, 3.8) is 0 Å². The molecule has 19 heavy (non-hydrogen) atoms. The predicted octanol–water partition coefficient (Wildman–Crippen LogP) is 5.35. The Labute approximate surface area is 126 Å². The third-order valence-corrected chi connectivity index (χ3v) is 3.81. The Balaban J connectivity index is 0.00000133. The zero-order valence-corrected chi connectivity index (χ0v) is 12.2. The molecule has 2 aromatic carbocycles. The Morgan fingerprint density at radius 2 is 1.84 bits per heavy atom. The van der Waals surface area contributed by atoms with Crippen LogP contribution in [0, 0.1) is 0 Å². The van der Waals surface area contributed by atoms with E-state index in [9.17, 15) is 0 Å². The molecule has 3 aromatic rings. The largest absolute Gasteiger partial charge is 0.454 e. The van der Waals surface area contributed by atoms with Crippen molar-refractivity contribution in [3.8, 4) is 11.5 Å². The average Bonchev–Trinajstić information content (AvgIpc) is 2.66. The van der Waals surface area contributed by atoms with E-state index in [4.69, 9.17) is 22.1 Å². The van der Waals surface area contributed by atoms with Crippen LogP contribution in [0.5, 0.6) is 11.5 Å². The van der Waals surface area contributed by atoms with Gasteiger partial charge in [0.25, 0.3) is 0 Å². The third-order valence-electron chi connectivity index (χ3n) is 2.59. The Bertz CT molecular complexity index is 711. The number of nitrogen functional groups attached to an aromatic ring is 1. The smallest absolute Gasteiger partial charge is 0.169 e. The molecular formula is C14H11Cl2NOS. The summed E-state index contributed by atoms with van der Waals surface area (Å²) in [4.78, 5) is 0. The van der Waals surface area contributed by atoms with Crippen LogP contribution in [0.25, 0.3) is 10.1 Å². The molecule has 0 amide bonds. The Morgan fingerprint density at radius 1 is 1.05 bits per heavy atom. The van der Waals surface area contributed by atoms with Crippen LogP contribution in [0.4, 0.5) is 5.00 Å². The van der Waals surface area contributed by atoms with E-state index in [1.54, 1.807) is 6.07 Å². The van der Waals surface area contributed by atoms with Crippen molar-refractivity contribution in [1.29, 1.82) is 0 Å². The van der Waals surface area contributed by atoms with Gasteiger partial charge in [0.1, 0.15) is 10.8 Å². The second-order valence-corrected chi connectivity index (χ2v) is 5.37. The molecule has 1 aromatic heterocycles. The average molecular weight is 312 g/mol. The highest BCUT2D eigenvalue weighted by atomic mass is 35.5. The van der Waals surface area contributed by atoms with E-state index in [2.05, 4.69) is 0 Å². The van der Waals surface area contributed by atoms with Crippen molar-refractivity contribution in [3.05, 3.63) is 53.6 Å². The summed E-state index contributed by atoms with van der Waals surface area (Å²) < 4.78 is 6.96. The number of thiophene rings is 1. The lowest BCUT2D eigenvalue weighted by molar-refractivity contribution is 0.492. The van der Waals surface area contributed by atoms with Crippen molar-refractivity contribution in [2.45, 2.75) is 0 Å². The first kappa shape index (κ1) is 14.0. The number of benzene rings is 2. The fourth-order valence-corrected chi connectivity index (χ4v) is 2.87. The predicted molar refractivity (Wildman–Crippen MR) is 85.0 cm³/mol. The van der Waals surface area contributed by atoms with Crippen LogP contribution in [0.2, 0.25) is 5.02 Å². The van der Waals surface area contributed by atoms with Crippen LogP contribution < -0.4 is 10.5 Å². The van der Waals surface area contributed by atoms with Gasteiger partial charge in [-0.1, -0.05) is 29.8 Å². The van der Waals surface area contributed by atoms with Gasteiger partial charge >= 0.3 is 0 Å². The van der Waals surface area contributed by atoms with Gasteiger partial charge < -0.3 is 10.5 Å². The van der Waals surface area contributed by atoms with Crippen molar-refractivity contribution in [2.75, 3.05) is 5.73 Å². The molecule has 0 fully saturated rings. The highest BCUT2D eigenvalue weighted by Crippen LogP contribution is 2.42. The summed E-state index contributed by atoms with van der Waals surface area (Å²) in [7, 11) is 0. The van der Waals surface area contributed by atoms with Gasteiger partial charge in [0.15, 0.2) is 5.75 Å². The molecule has 0 radical (unpaired) electrons. The minimum absolute atomic E-state index is 0. The Kier molecular flexibility index (Phi) is 4.20. The number of hydrogen-bond donors (Lipinski definition) is 1. The van der Waals surface area contributed by atoms with Crippen LogP contribution in [-0.2, 0) is 0 Å². The van der Waals surface area contributed by atoms with Gasteiger partial charge in [-0.25, -0.2) is 0 Å². The number of fused-ring (bicyclic) bond motifs is 1. The maximum atomic E-state index is 6.00.